The standard InChI is InChI=1S/C17H24N2/c1-11-15(17(5,6)7)19-13-10-8-9-12(14(13)18-11)16(2,3)4/h8-10H,1-7H3. The molecule has 1 heterocycles. The lowest BCUT2D eigenvalue weighted by molar-refractivity contribution is 0.562. The fourth-order valence-corrected chi connectivity index (χ4v) is 2.48. The van der Waals surface area contributed by atoms with Crippen molar-refractivity contribution in [2.75, 3.05) is 0 Å². The molecule has 0 spiro atoms. The van der Waals surface area contributed by atoms with Gasteiger partial charge in [-0.3, -0.25) is 0 Å². The molecule has 2 heteroatoms. The molecule has 102 valence electrons. The summed E-state index contributed by atoms with van der Waals surface area (Å²) in [6.07, 6.45) is 0. The summed E-state index contributed by atoms with van der Waals surface area (Å²) in [5.41, 5.74) is 5.56. The lowest BCUT2D eigenvalue weighted by Gasteiger charge is -2.23. The molecule has 0 radical (unpaired) electrons. The Morgan fingerprint density at radius 1 is 0.842 bits per heavy atom. The maximum absolute atomic E-state index is 4.86. The summed E-state index contributed by atoms with van der Waals surface area (Å²) in [6.45, 7) is 15.3. The SMILES string of the molecule is Cc1nc2c(C(C)(C)C)cccc2nc1C(C)(C)C. The first kappa shape index (κ1) is 14.0. The summed E-state index contributed by atoms with van der Waals surface area (Å²) < 4.78 is 0. The van der Waals surface area contributed by atoms with Gasteiger partial charge in [-0.25, -0.2) is 9.97 Å². The second-order valence-corrected chi connectivity index (χ2v) is 7.33. The van der Waals surface area contributed by atoms with Gasteiger partial charge in [0, 0.05) is 5.41 Å². The van der Waals surface area contributed by atoms with E-state index < -0.39 is 0 Å². The van der Waals surface area contributed by atoms with Gasteiger partial charge in [0.2, 0.25) is 0 Å². The van der Waals surface area contributed by atoms with Crippen LogP contribution in [-0.4, -0.2) is 9.97 Å². The molecule has 2 nitrogen and oxygen atoms in total. The number of benzene rings is 1. The average Bonchev–Trinajstić information content (AvgIpc) is 2.24. The van der Waals surface area contributed by atoms with Gasteiger partial charge >= 0.3 is 0 Å². The van der Waals surface area contributed by atoms with Crippen LogP contribution in [-0.2, 0) is 10.8 Å². The minimum absolute atomic E-state index is 0.0308. The second kappa shape index (κ2) is 4.29. The van der Waals surface area contributed by atoms with Crippen LogP contribution in [0.5, 0.6) is 0 Å². The molecule has 0 atom stereocenters. The number of rotatable bonds is 0. The molecule has 0 amide bonds. The van der Waals surface area contributed by atoms with Gasteiger partial charge in [-0.2, -0.15) is 0 Å². The quantitative estimate of drug-likeness (QED) is 0.692. The van der Waals surface area contributed by atoms with Gasteiger partial charge in [-0.15, -0.1) is 0 Å². The summed E-state index contributed by atoms with van der Waals surface area (Å²) in [6, 6.07) is 6.30. The van der Waals surface area contributed by atoms with Crippen LogP contribution in [0.2, 0.25) is 0 Å². The molecule has 0 aliphatic carbocycles. The first-order valence-electron chi connectivity index (χ1n) is 6.89. The minimum Gasteiger partial charge on any atom is -0.249 e. The van der Waals surface area contributed by atoms with Crippen molar-refractivity contribution in [2.45, 2.75) is 59.3 Å². The third-order valence-electron chi connectivity index (χ3n) is 3.39. The minimum atomic E-state index is 0.0308. The Hall–Kier alpha value is -1.44. The van der Waals surface area contributed by atoms with Crippen LogP contribution in [0.4, 0.5) is 0 Å². The van der Waals surface area contributed by atoms with Gasteiger partial charge in [0.1, 0.15) is 0 Å². The van der Waals surface area contributed by atoms with Crippen LogP contribution in [0, 0.1) is 6.92 Å². The third-order valence-corrected chi connectivity index (χ3v) is 3.39. The Labute approximate surface area is 116 Å². The predicted octanol–water partition coefficient (Wildman–Crippen LogP) is 4.53. The number of fused-ring (bicyclic) bond motifs is 1. The van der Waals surface area contributed by atoms with Crippen LogP contribution < -0.4 is 0 Å². The van der Waals surface area contributed by atoms with Crippen LogP contribution in [0.15, 0.2) is 18.2 Å². The van der Waals surface area contributed by atoms with Gasteiger partial charge < -0.3 is 0 Å². The topological polar surface area (TPSA) is 25.8 Å². The molecule has 0 saturated heterocycles. The van der Waals surface area contributed by atoms with E-state index in [-0.39, 0.29) is 10.8 Å². The maximum atomic E-state index is 4.86. The molecule has 0 fully saturated rings. The highest BCUT2D eigenvalue weighted by atomic mass is 14.8. The monoisotopic (exact) mass is 256 g/mol. The summed E-state index contributed by atoms with van der Waals surface area (Å²) >= 11 is 0. The zero-order chi connectivity index (χ0) is 14.4. The largest absolute Gasteiger partial charge is 0.249 e. The normalized spacial score (nSPS) is 13.0. The Kier molecular flexibility index (Phi) is 3.16. The highest BCUT2D eigenvalue weighted by Gasteiger charge is 2.23. The van der Waals surface area contributed by atoms with Crippen molar-refractivity contribution in [3.63, 3.8) is 0 Å². The molecule has 1 aromatic heterocycles. The fraction of sp³-hybridized carbons (Fsp3) is 0.529. The number of aromatic nitrogens is 2. The molecule has 0 unspecified atom stereocenters. The van der Waals surface area contributed by atoms with Crippen LogP contribution in [0.1, 0.15) is 58.5 Å². The molecule has 0 aliphatic heterocycles. The van der Waals surface area contributed by atoms with Crippen molar-refractivity contribution in [2.24, 2.45) is 0 Å². The Morgan fingerprint density at radius 2 is 1.47 bits per heavy atom. The van der Waals surface area contributed by atoms with Gasteiger partial charge in [0.05, 0.1) is 22.4 Å². The van der Waals surface area contributed by atoms with E-state index in [1.807, 2.05) is 0 Å². The molecular formula is C17H24N2. The van der Waals surface area contributed by atoms with E-state index in [0.717, 1.165) is 22.4 Å². The first-order chi connectivity index (χ1) is 8.60. The van der Waals surface area contributed by atoms with E-state index in [1.165, 1.54) is 5.56 Å². The Morgan fingerprint density at radius 3 is 2.00 bits per heavy atom. The Bertz CT molecular complexity index is 613. The van der Waals surface area contributed by atoms with Gasteiger partial charge in [0.15, 0.2) is 0 Å². The van der Waals surface area contributed by atoms with Crippen LogP contribution >= 0.6 is 0 Å². The molecule has 2 rings (SSSR count). The smallest absolute Gasteiger partial charge is 0.0927 e. The second-order valence-electron chi connectivity index (χ2n) is 7.33. The third kappa shape index (κ3) is 2.63. The zero-order valence-corrected chi connectivity index (χ0v) is 13.1. The van der Waals surface area contributed by atoms with E-state index in [1.54, 1.807) is 0 Å². The molecule has 0 bridgehead atoms. The molecule has 2 aromatic rings. The number of nitrogens with zero attached hydrogens (tertiary/aromatic N) is 2. The van der Waals surface area contributed by atoms with E-state index in [2.05, 4.69) is 66.7 Å². The molecular weight excluding hydrogens is 232 g/mol. The number of para-hydroxylation sites is 1. The lowest BCUT2D eigenvalue weighted by Crippen LogP contribution is -2.18. The zero-order valence-electron chi connectivity index (χ0n) is 13.1. The molecule has 0 saturated carbocycles. The number of hydrogen-bond donors (Lipinski definition) is 0. The van der Waals surface area contributed by atoms with Gasteiger partial charge in [-0.05, 0) is 24.0 Å². The van der Waals surface area contributed by atoms with Gasteiger partial charge in [-0.1, -0.05) is 53.7 Å². The number of aryl methyl sites for hydroxylation is 1. The van der Waals surface area contributed by atoms with E-state index >= 15 is 0 Å². The van der Waals surface area contributed by atoms with Crippen LogP contribution in [0.25, 0.3) is 11.0 Å². The van der Waals surface area contributed by atoms with Crippen molar-refractivity contribution in [3.05, 3.63) is 35.2 Å². The molecule has 19 heavy (non-hydrogen) atoms. The predicted molar refractivity (Wildman–Crippen MR) is 81.7 cm³/mol. The number of hydrogen-bond acceptors (Lipinski definition) is 2. The average molecular weight is 256 g/mol. The van der Waals surface area contributed by atoms with E-state index in [9.17, 15) is 0 Å². The first-order valence-corrected chi connectivity index (χ1v) is 6.89. The van der Waals surface area contributed by atoms with Crippen molar-refractivity contribution in [3.8, 4) is 0 Å². The van der Waals surface area contributed by atoms with Crippen molar-refractivity contribution in [1.82, 2.24) is 9.97 Å². The van der Waals surface area contributed by atoms with E-state index in [4.69, 9.17) is 9.97 Å². The van der Waals surface area contributed by atoms with Gasteiger partial charge in [0.25, 0.3) is 0 Å². The summed E-state index contributed by atoms with van der Waals surface area (Å²) in [7, 11) is 0. The highest BCUT2D eigenvalue weighted by Crippen LogP contribution is 2.30. The summed E-state index contributed by atoms with van der Waals surface area (Å²) in [5.74, 6) is 0. The summed E-state index contributed by atoms with van der Waals surface area (Å²) in [5, 5.41) is 0. The van der Waals surface area contributed by atoms with Crippen molar-refractivity contribution >= 4 is 11.0 Å². The Balaban J connectivity index is 2.79. The lowest BCUT2D eigenvalue weighted by atomic mass is 9.85. The highest BCUT2D eigenvalue weighted by molar-refractivity contribution is 5.79. The van der Waals surface area contributed by atoms with Crippen molar-refractivity contribution < 1.29 is 0 Å². The molecule has 0 aliphatic rings. The fourth-order valence-electron chi connectivity index (χ4n) is 2.48. The molecule has 1 aromatic carbocycles. The van der Waals surface area contributed by atoms with Crippen LogP contribution in [0.3, 0.4) is 0 Å². The maximum Gasteiger partial charge on any atom is 0.0927 e. The van der Waals surface area contributed by atoms with Crippen molar-refractivity contribution in [1.29, 1.82) is 0 Å². The summed E-state index contributed by atoms with van der Waals surface area (Å²) in [4.78, 5) is 9.70. The van der Waals surface area contributed by atoms with E-state index in [0.29, 0.717) is 0 Å². The molecule has 0 N–H and O–H groups in total.